The number of para-hydroxylation sites is 1. The molecule has 0 bridgehead atoms. The highest BCUT2D eigenvalue weighted by Gasteiger charge is 2.34. The summed E-state index contributed by atoms with van der Waals surface area (Å²) < 4.78 is 29.4. The molecule has 0 saturated carbocycles. The number of phosphoric acid groups is 1. The maximum Gasteiger partial charge on any atom is 0.604 e. The highest BCUT2D eigenvalue weighted by Crippen LogP contribution is 2.53. The number of piperazine rings is 1. The van der Waals surface area contributed by atoms with Gasteiger partial charge in [0.15, 0.2) is 0 Å². The number of nitrogens with zero attached hydrogens (tertiary/aromatic N) is 1. The van der Waals surface area contributed by atoms with E-state index in [0.717, 1.165) is 54.1 Å². The van der Waals surface area contributed by atoms with Crippen LogP contribution in [0.1, 0.15) is 22.3 Å². The fourth-order valence-electron chi connectivity index (χ4n) is 3.42. The molecule has 1 N–H and O–H groups in total. The Morgan fingerprint density at radius 3 is 2.11 bits per heavy atom. The zero-order valence-electron chi connectivity index (χ0n) is 16.6. The van der Waals surface area contributed by atoms with Gasteiger partial charge in [0.2, 0.25) is 0 Å². The molecular weight excluding hydrogens is 399 g/mol. The molecule has 152 valence electrons. The Hall–Kier alpha value is -1.72. The van der Waals surface area contributed by atoms with Crippen molar-refractivity contribution in [2.75, 3.05) is 31.1 Å². The quantitative estimate of drug-likeness (QED) is 0.653. The van der Waals surface area contributed by atoms with Crippen molar-refractivity contribution in [2.24, 2.45) is 0 Å². The SMILES string of the molecule is Cc1cccc(C)c1OP(=O)(OCl)Oc1c(C)ccc(N2CCNCC2)c1C. The van der Waals surface area contributed by atoms with Crippen LogP contribution in [0, 0.1) is 27.7 Å². The number of halogens is 1. The summed E-state index contributed by atoms with van der Waals surface area (Å²) in [5.41, 5.74) is 4.38. The third-order valence-electron chi connectivity index (χ3n) is 4.93. The van der Waals surface area contributed by atoms with Gasteiger partial charge in [-0.2, -0.15) is 4.08 Å². The molecule has 1 fully saturated rings. The molecular formula is C20H26ClN2O4P. The Kier molecular flexibility index (Phi) is 6.56. The topological polar surface area (TPSA) is 60.0 Å². The summed E-state index contributed by atoms with van der Waals surface area (Å²) in [6.07, 6.45) is 0. The van der Waals surface area contributed by atoms with E-state index >= 15 is 0 Å². The molecule has 2 aromatic carbocycles. The molecule has 1 atom stereocenters. The van der Waals surface area contributed by atoms with Crippen molar-refractivity contribution in [3.8, 4) is 11.5 Å². The van der Waals surface area contributed by atoms with Crippen LogP contribution in [0.2, 0.25) is 0 Å². The smallest absolute Gasteiger partial charge is 0.394 e. The van der Waals surface area contributed by atoms with Crippen molar-refractivity contribution in [1.82, 2.24) is 5.32 Å². The summed E-state index contributed by atoms with van der Waals surface area (Å²) in [4.78, 5) is 2.27. The summed E-state index contributed by atoms with van der Waals surface area (Å²) in [6, 6.07) is 9.62. The Morgan fingerprint density at radius 1 is 0.929 bits per heavy atom. The van der Waals surface area contributed by atoms with E-state index in [4.69, 9.17) is 25.0 Å². The van der Waals surface area contributed by atoms with Gasteiger partial charge >= 0.3 is 7.82 Å². The lowest BCUT2D eigenvalue weighted by Gasteiger charge is -2.31. The molecule has 0 aliphatic carbocycles. The molecule has 0 spiro atoms. The highest BCUT2D eigenvalue weighted by molar-refractivity contribution is 7.50. The minimum atomic E-state index is -4.08. The number of aryl methyl sites for hydroxylation is 3. The van der Waals surface area contributed by atoms with Gasteiger partial charge in [-0.15, -0.1) is 0 Å². The Balaban J connectivity index is 1.93. The Bertz CT molecular complexity index is 880. The van der Waals surface area contributed by atoms with Crippen molar-refractivity contribution < 1.29 is 17.7 Å². The van der Waals surface area contributed by atoms with E-state index < -0.39 is 7.82 Å². The molecule has 8 heteroatoms. The average Bonchev–Trinajstić information content (AvgIpc) is 2.69. The van der Waals surface area contributed by atoms with Crippen LogP contribution in [0.15, 0.2) is 30.3 Å². The van der Waals surface area contributed by atoms with E-state index in [9.17, 15) is 4.57 Å². The van der Waals surface area contributed by atoms with E-state index in [1.165, 1.54) is 0 Å². The van der Waals surface area contributed by atoms with Crippen LogP contribution in [0.5, 0.6) is 11.5 Å². The second-order valence-electron chi connectivity index (χ2n) is 7.01. The van der Waals surface area contributed by atoms with Crippen LogP contribution in [0.4, 0.5) is 5.69 Å². The van der Waals surface area contributed by atoms with Gasteiger partial charge in [0, 0.05) is 37.4 Å². The molecule has 0 radical (unpaired) electrons. The van der Waals surface area contributed by atoms with E-state index in [2.05, 4.69) is 16.3 Å². The van der Waals surface area contributed by atoms with Crippen molar-refractivity contribution >= 4 is 25.4 Å². The highest BCUT2D eigenvalue weighted by atomic mass is 35.5. The van der Waals surface area contributed by atoms with Crippen molar-refractivity contribution in [1.29, 1.82) is 0 Å². The van der Waals surface area contributed by atoms with Crippen LogP contribution in [-0.2, 0) is 8.64 Å². The molecule has 1 aliphatic heterocycles. The van der Waals surface area contributed by atoms with Crippen LogP contribution in [0.25, 0.3) is 0 Å². The van der Waals surface area contributed by atoms with E-state index in [0.29, 0.717) is 11.5 Å². The minimum Gasteiger partial charge on any atom is -0.394 e. The number of benzene rings is 2. The maximum absolute atomic E-state index is 13.2. The zero-order chi connectivity index (χ0) is 20.3. The minimum absolute atomic E-state index is 0.444. The molecule has 0 aromatic heterocycles. The number of hydrogen-bond acceptors (Lipinski definition) is 6. The first kappa shape index (κ1) is 21.0. The fourth-order valence-corrected chi connectivity index (χ4v) is 4.70. The van der Waals surface area contributed by atoms with Crippen LogP contribution >= 0.6 is 19.7 Å². The predicted molar refractivity (Wildman–Crippen MR) is 113 cm³/mol. The Labute approximate surface area is 171 Å². The largest absolute Gasteiger partial charge is 0.604 e. The van der Waals surface area contributed by atoms with Gasteiger partial charge in [-0.3, -0.25) is 0 Å². The molecule has 28 heavy (non-hydrogen) atoms. The first-order valence-electron chi connectivity index (χ1n) is 9.26. The van der Waals surface area contributed by atoms with E-state index in [-0.39, 0.29) is 0 Å². The summed E-state index contributed by atoms with van der Waals surface area (Å²) in [6.45, 7) is 11.2. The number of anilines is 1. The monoisotopic (exact) mass is 424 g/mol. The number of rotatable bonds is 6. The lowest BCUT2D eigenvalue weighted by molar-refractivity contribution is 0.305. The number of hydrogen-bond donors (Lipinski definition) is 1. The maximum atomic E-state index is 13.2. The second-order valence-corrected chi connectivity index (χ2v) is 8.82. The van der Waals surface area contributed by atoms with Crippen LogP contribution in [0.3, 0.4) is 0 Å². The van der Waals surface area contributed by atoms with Crippen LogP contribution < -0.4 is 19.3 Å². The van der Waals surface area contributed by atoms with Gasteiger partial charge in [-0.25, -0.2) is 4.57 Å². The number of nitrogens with one attached hydrogen (secondary N) is 1. The third-order valence-corrected chi connectivity index (χ3v) is 6.42. The van der Waals surface area contributed by atoms with Gasteiger partial charge in [-0.05, 0) is 50.5 Å². The van der Waals surface area contributed by atoms with Gasteiger partial charge in [0.1, 0.15) is 11.5 Å². The van der Waals surface area contributed by atoms with Crippen molar-refractivity contribution in [3.63, 3.8) is 0 Å². The molecule has 0 amide bonds. The van der Waals surface area contributed by atoms with Crippen molar-refractivity contribution in [3.05, 3.63) is 52.6 Å². The third kappa shape index (κ3) is 4.47. The zero-order valence-corrected chi connectivity index (χ0v) is 18.3. The van der Waals surface area contributed by atoms with Gasteiger partial charge < -0.3 is 19.3 Å². The summed E-state index contributed by atoms with van der Waals surface area (Å²) in [7, 11) is -4.08. The molecule has 1 saturated heterocycles. The summed E-state index contributed by atoms with van der Waals surface area (Å²) in [5, 5.41) is 3.34. The van der Waals surface area contributed by atoms with Gasteiger partial charge in [0.05, 0.1) is 11.9 Å². The Morgan fingerprint density at radius 2 is 1.50 bits per heavy atom. The first-order valence-corrected chi connectivity index (χ1v) is 11.0. The lowest BCUT2D eigenvalue weighted by atomic mass is 10.1. The normalized spacial score (nSPS) is 16.5. The molecule has 6 nitrogen and oxygen atoms in total. The molecule has 1 heterocycles. The average molecular weight is 425 g/mol. The lowest BCUT2D eigenvalue weighted by Crippen LogP contribution is -2.43. The molecule has 2 aromatic rings. The number of phosphoric ester groups is 1. The molecule has 1 aliphatic rings. The summed E-state index contributed by atoms with van der Waals surface area (Å²) in [5.74, 6) is 0.909. The molecule has 3 rings (SSSR count). The fraction of sp³-hybridized carbons (Fsp3) is 0.400. The first-order chi connectivity index (χ1) is 13.3. The van der Waals surface area contributed by atoms with Gasteiger partial charge in [-0.1, -0.05) is 24.3 Å². The van der Waals surface area contributed by atoms with Crippen molar-refractivity contribution in [2.45, 2.75) is 27.7 Å². The van der Waals surface area contributed by atoms with Crippen LogP contribution in [-0.4, -0.2) is 26.2 Å². The van der Waals surface area contributed by atoms with Gasteiger partial charge in [0.25, 0.3) is 0 Å². The summed E-state index contributed by atoms with van der Waals surface area (Å²) >= 11 is 5.57. The second kappa shape index (κ2) is 8.75. The predicted octanol–water partition coefficient (Wildman–Crippen LogP) is 5.07. The molecule has 1 unspecified atom stereocenters. The van der Waals surface area contributed by atoms with E-state index in [1.807, 2.05) is 52.0 Å². The standard InChI is InChI=1S/C20H26ClN2O4P/c1-14-6-5-7-15(2)19(14)25-28(24,27-21)26-20-16(3)8-9-18(17(20)4)23-12-10-22-11-13-23/h5-9,22H,10-13H2,1-4H3. The van der Waals surface area contributed by atoms with E-state index in [1.54, 1.807) is 0 Å².